The second-order valence-electron chi connectivity index (χ2n) is 4.24. The van der Waals surface area contributed by atoms with Crippen molar-refractivity contribution in [3.63, 3.8) is 0 Å². The van der Waals surface area contributed by atoms with Crippen LogP contribution in [0.5, 0.6) is 0 Å². The molecule has 2 aromatic rings. The van der Waals surface area contributed by atoms with Crippen molar-refractivity contribution < 1.29 is 4.79 Å². The van der Waals surface area contributed by atoms with Gasteiger partial charge in [-0.2, -0.15) is 0 Å². The lowest BCUT2D eigenvalue weighted by Crippen LogP contribution is -2.14. The van der Waals surface area contributed by atoms with Crippen LogP contribution in [0.4, 0.5) is 11.4 Å². The van der Waals surface area contributed by atoms with Gasteiger partial charge in [-0.1, -0.05) is 6.07 Å². The molecule has 1 amide bonds. The van der Waals surface area contributed by atoms with Crippen LogP contribution in [0.1, 0.15) is 10.4 Å². The Kier molecular flexibility index (Phi) is 4.16. The maximum absolute atomic E-state index is 12.1. The van der Waals surface area contributed by atoms with Crippen LogP contribution < -0.4 is 10.2 Å². The van der Waals surface area contributed by atoms with Crippen LogP contribution in [-0.4, -0.2) is 25.0 Å². The normalized spacial score (nSPS) is 10.1. The molecule has 98 valence electrons. The maximum Gasteiger partial charge on any atom is 0.258 e. The zero-order chi connectivity index (χ0) is 13.8. The van der Waals surface area contributed by atoms with E-state index in [1.807, 2.05) is 43.3 Å². The highest BCUT2D eigenvalue weighted by Gasteiger charge is 2.10. The summed E-state index contributed by atoms with van der Waals surface area (Å²) in [4.78, 5) is 18.1. The summed E-state index contributed by atoms with van der Waals surface area (Å²) >= 11 is 3.27. The maximum atomic E-state index is 12.1. The Morgan fingerprint density at radius 3 is 2.74 bits per heavy atom. The molecule has 19 heavy (non-hydrogen) atoms. The van der Waals surface area contributed by atoms with Gasteiger partial charge in [-0.05, 0) is 46.3 Å². The molecule has 1 aromatic heterocycles. The highest BCUT2D eigenvalue weighted by molar-refractivity contribution is 9.10. The second-order valence-corrected chi connectivity index (χ2v) is 4.99. The zero-order valence-electron chi connectivity index (χ0n) is 10.7. The van der Waals surface area contributed by atoms with Crippen molar-refractivity contribution in [2.45, 2.75) is 0 Å². The van der Waals surface area contributed by atoms with Gasteiger partial charge in [-0.25, -0.2) is 4.98 Å². The Bertz CT molecular complexity index is 599. The fourth-order valence-electron chi connectivity index (χ4n) is 1.62. The summed E-state index contributed by atoms with van der Waals surface area (Å²) in [5.74, 6) is -0.184. The molecule has 1 N–H and O–H groups in total. The summed E-state index contributed by atoms with van der Waals surface area (Å²) in [7, 11) is 3.91. The van der Waals surface area contributed by atoms with Crippen LogP contribution in [0, 0.1) is 0 Å². The van der Waals surface area contributed by atoms with Crippen molar-refractivity contribution in [3.05, 3.63) is 52.8 Å². The Balaban J connectivity index is 2.20. The van der Waals surface area contributed by atoms with Crippen LogP contribution in [0.2, 0.25) is 0 Å². The predicted molar refractivity (Wildman–Crippen MR) is 80.7 cm³/mol. The Hall–Kier alpha value is -1.88. The topological polar surface area (TPSA) is 45.2 Å². The van der Waals surface area contributed by atoms with Crippen molar-refractivity contribution in [3.8, 4) is 0 Å². The number of hydrogen-bond donors (Lipinski definition) is 1. The molecule has 0 radical (unpaired) electrons. The van der Waals surface area contributed by atoms with E-state index < -0.39 is 0 Å². The molecule has 0 aliphatic heterocycles. The molecular formula is C14H14BrN3O. The lowest BCUT2D eigenvalue weighted by molar-refractivity contribution is 0.102. The molecule has 4 nitrogen and oxygen atoms in total. The minimum absolute atomic E-state index is 0.184. The molecular weight excluding hydrogens is 306 g/mol. The SMILES string of the molecule is CN(C)c1cccc(NC(=O)c2cccnc2Br)c1. The number of aromatic nitrogens is 1. The minimum atomic E-state index is -0.184. The predicted octanol–water partition coefficient (Wildman–Crippen LogP) is 3.16. The van der Waals surface area contributed by atoms with E-state index >= 15 is 0 Å². The highest BCUT2D eigenvalue weighted by atomic mass is 79.9. The van der Waals surface area contributed by atoms with E-state index in [-0.39, 0.29) is 5.91 Å². The van der Waals surface area contributed by atoms with E-state index in [9.17, 15) is 4.79 Å². The lowest BCUT2D eigenvalue weighted by atomic mass is 10.2. The Morgan fingerprint density at radius 1 is 1.26 bits per heavy atom. The number of halogens is 1. The monoisotopic (exact) mass is 319 g/mol. The van der Waals surface area contributed by atoms with Crippen molar-refractivity contribution in [1.29, 1.82) is 0 Å². The second kappa shape index (κ2) is 5.84. The molecule has 0 spiro atoms. The first-order chi connectivity index (χ1) is 9.08. The van der Waals surface area contributed by atoms with E-state index in [4.69, 9.17) is 0 Å². The van der Waals surface area contributed by atoms with Crippen LogP contribution in [0.3, 0.4) is 0 Å². The van der Waals surface area contributed by atoms with Gasteiger partial charge in [-0.15, -0.1) is 0 Å². The molecule has 0 fully saturated rings. The molecule has 0 aliphatic carbocycles. The summed E-state index contributed by atoms with van der Waals surface area (Å²) < 4.78 is 0.538. The van der Waals surface area contributed by atoms with Crippen molar-refractivity contribution in [2.75, 3.05) is 24.3 Å². The number of rotatable bonds is 3. The number of amides is 1. The van der Waals surface area contributed by atoms with Gasteiger partial charge < -0.3 is 10.2 Å². The molecule has 5 heteroatoms. The molecule has 1 heterocycles. The summed E-state index contributed by atoms with van der Waals surface area (Å²) in [5.41, 5.74) is 2.30. The van der Waals surface area contributed by atoms with E-state index in [0.29, 0.717) is 10.2 Å². The average Bonchev–Trinajstić information content (AvgIpc) is 2.39. The molecule has 0 atom stereocenters. The summed E-state index contributed by atoms with van der Waals surface area (Å²) in [5, 5.41) is 2.86. The molecule has 0 aliphatic rings. The number of nitrogens with one attached hydrogen (secondary N) is 1. The first kappa shape index (κ1) is 13.5. The van der Waals surface area contributed by atoms with E-state index in [2.05, 4.69) is 26.2 Å². The van der Waals surface area contributed by atoms with Gasteiger partial charge >= 0.3 is 0 Å². The molecule has 1 aromatic carbocycles. The van der Waals surface area contributed by atoms with Gasteiger partial charge in [0.15, 0.2) is 0 Å². The van der Waals surface area contributed by atoms with Crippen LogP contribution in [0.15, 0.2) is 47.2 Å². The molecule has 0 unspecified atom stereocenters. The largest absolute Gasteiger partial charge is 0.378 e. The fourth-order valence-corrected chi connectivity index (χ4v) is 2.05. The van der Waals surface area contributed by atoms with Gasteiger partial charge in [-0.3, -0.25) is 4.79 Å². The third-order valence-electron chi connectivity index (χ3n) is 2.62. The van der Waals surface area contributed by atoms with Crippen LogP contribution in [-0.2, 0) is 0 Å². The zero-order valence-corrected chi connectivity index (χ0v) is 12.3. The van der Waals surface area contributed by atoms with E-state index in [1.54, 1.807) is 18.3 Å². The van der Waals surface area contributed by atoms with Gasteiger partial charge in [0.25, 0.3) is 5.91 Å². The van der Waals surface area contributed by atoms with Crippen LogP contribution in [0.25, 0.3) is 0 Å². The Morgan fingerprint density at radius 2 is 2.05 bits per heavy atom. The number of benzene rings is 1. The first-order valence-electron chi connectivity index (χ1n) is 5.77. The third kappa shape index (κ3) is 3.32. The van der Waals surface area contributed by atoms with Gasteiger partial charge in [0.2, 0.25) is 0 Å². The number of hydrogen-bond acceptors (Lipinski definition) is 3. The minimum Gasteiger partial charge on any atom is -0.378 e. The highest BCUT2D eigenvalue weighted by Crippen LogP contribution is 2.19. The molecule has 2 rings (SSSR count). The lowest BCUT2D eigenvalue weighted by Gasteiger charge is -2.14. The van der Waals surface area contributed by atoms with Gasteiger partial charge in [0.05, 0.1) is 5.56 Å². The van der Waals surface area contributed by atoms with Crippen molar-refractivity contribution in [2.24, 2.45) is 0 Å². The summed E-state index contributed by atoms with van der Waals surface area (Å²) in [6.07, 6.45) is 1.63. The van der Waals surface area contributed by atoms with Gasteiger partial charge in [0, 0.05) is 31.7 Å². The first-order valence-corrected chi connectivity index (χ1v) is 6.56. The quantitative estimate of drug-likeness (QED) is 0.884. The Labute approximate surface area is 120 Å². The number of carbonyl (C=O) groups is 1. The fraction of sp³-hybridized carbons (Fsp3) is 0.143. The summed E-state index contributed by atoms with van der Waals surface area (Å²) in [6, 6.07) is 11.1. The standard InChI is InChI=1S/C14H14BrN3O/c1-18(2)11-6-3-5-10(9-11)17-14(19)12-7-4-8-16-13(12)15/h3-9H,1-2H3,(H,17,19). The van der Waals surface area contributed by atoms with Gasteiger partial charge in [0.1, 0.15) is 4.60 Å². The van der Waals surface area contributed by atoms with Crippen molar-refractivity contribution in [1.82, 2.24) is 4.98 Å². The number of nitrogens with zero attached hydrogens (tertiary/aromatic N) is 2. The average molecular weight is 320 g/mol. The number of anilines is 2. The van der Waals surface area contributed by atoms with E-state index in [0.717, 1.165) is 11.4 Å². The summed E-state index contributed by atoms with van der Waals surface area (Å²) in [6.45, 7) is 0. The number of pyridine rings is 1. The van der Waals surface area contributed by atoms with Crippen molar-refractivity contribution >= 4 is 33.2 Å². The smallest absolute Gasteiger partial charge is 0.258 e. The third-order valence-corrected chi connectivity index (χ3v) is 3.26. The number of carbonyl (C=O) groups excluding carboxylic acids is 1. The van der Waals surface area contributed by atoms with Crippen LogP contribution >= 0.6 is 15.9 Å². The molecule has 0 bridgehead atoms. The molecule has 0 saturated carbocycles. The molecule has 0 saturated heterocycles. The van der Waals surface area contributed by atoms with E-state index in [1.165, 1.54) is 0 Å².